The van der Waals surface area contributed by atoms with Crippen molar-refractivity contribution in [1.29, 1.82) is 0 Å². The lowest BCUT2D eigenvalue weighted by Gasteiger charge is -2.08. The van der Waals surface area contributed by atoms with Crippen LogP contribution in [-0.2, 0) is 6.61 Å². The summed E-state index contributed by atoms with van der Waals surface area (Å²) in [5, 5.41) is 10.5. The summed E-state index contributed by atoms with van der Waals surface area (Å²) in [5.41, 5.74) is 2.01. The van der Waals surface area contributed by atoms with Crippen molar-refractivity contribution in [2.75, 3.05) is 0 Å². The van der Waals surface area contributed by atoms with Gasteiger partial charge in [-0.15, -0.1) is 0 Å². The highest BCUT2D eigenvalue weighted by atomic mass is 35.5. The maximum atomic E-state index is 9.13. The Bertz CT molecular complexity index is 570. The molecule has 2 aromatic carbocycles. The first-order valence-electron chi connectivity index (χ1n) is 5.43. The summed E-state index contributed by atoms with van der Waals surface area (Å²) in [5.74, 6) is 0. The molecule has 0 atom stereocenters. The summed E-state index contributed by atoms with van der Waals surface area (Å²) in [6.45, 7) is 2.05. The Hall–Kier alpha value is -0.670. The molecule has 0 aliphatic heterocycles. The van der Waals surface area contributed by atoms with Crippen LogP contribution in [-0.4, -0.2) is 5.11 Å². The van der Waals surface area contributed by atoms with Crippen molar-refractivity contribution in [3.8, 4) is 0 Å². The van der Waals surface area contributed by atoms with Crippen LogP contribution in [0.5, 0.6) is 0 Å². The molecule has 0 aliphatic carbocycles. The van der Waals surface area contributed by atoms with Gasteiger partial charge < -0.3 is 5.11 Å². The number of hydrogen-bond donors (Lipinski definition) is 1. The number of aliphatic hydroxyl groups is 1. The van der Waals surface area contributed by atoms with Crippen molar-refractivity contribution in [3.63, 3.8) is 0 Å². The first kappa shape index (κ1) is 13.8. The van der Waals surface area contributed by atoms with E-state index in [1.54, 1.807) is 23.9 Å². The molecular formula is C14H12Cl2OS. The van der Waals surface area contributed by atoms with Gasteiger partial charge in [0.05, 0.1) is 11.6 Å². The number of halogens is 2. The zero-order chi connectivity index (χ0) is 13.1. The van der Waals surface area contributed by atoms with Crippen molar-refractivity contribution in [1.82, 2.24) is 0 Å². The minimum absolute atomic E-state index is 0.0642. The Morgan fingerprint density at radius 2 is 1.89 bits per heavy atom. The Morgan fingerprint density at radius 1 is 1.11 bits per heavy atom. The number of rotatable bonds is 3. The van der Waals surface area contributed by atoms with Crippen molar-refractivity contribution >= 4 is 35.0 Å². The van der Waals surface area contributed by atoms with E-state index in [4.69, 9.17) is 28.3 Å². The molecular weight excluding hydrogens is 287 g/mol. The van der Waals surface area contributed by atoms with Gasteiger partial charge in [0, 0.05) is 14.8 Å². The predicted octanol–water partition coefficient (Wildman–Crippen LogP) is 4.95. The molecule has 0 amide bonds. The van der Waals surface area contributed by atoms with Gasteiger partial charge in [0.2, 0.25) is 0 Å². The van der Waals surface area contributed by atoms with Gasteiger partial charge in [0.25, 0.3) is 0 Å². The topological polar surface area (TPSA) is 20.2 Å². The van der Waals surface area contributed by atoms with E-state index >= 15 is 0 Å². The van der Waals surface area contributed by atoms with Crippen LogP contribution in [0.1, 0.15) is 11.1 Å². The number of benzene rings is 2. The lowest BCUT2D eigenvalue weighted by atomic mass is 10.1. The van der Waals surface area contributed by atoms with Gasteiger partial charge in [-0.25, -0.2) is 0 Å². The SMILES string of the molecule is Cc1cc(Sc2cc(Cl)ccc2Cl)ccc1CO. The summed E-state index contributed by atoms with van der Waals surface area (Å²) < 4.78 is 0. The molecule has 0 aliphatic rings. The fourth-order valence-corrected chi connectivity index (χ4v) is 3.04. The molecule has 2 aromatic rings. The lowest BCUT2D eigenvalue weighted by molar-refractivity contribution is 0.281. The zero-order valence-electron chi connectivity index (χ0n) is 9.78. The van der Waals surface area contributed by atoms with Crippen molar-refractivity contribution in [2.24, 2.45) is 0 Å². The van der Waals surface area contributed by atoms with Crippen molar-refractivity contribution in [3.05, 3.63) is 57.6 Å². The van der Waals surface area contributed by atoms with E-state index in [9.17, 15) is 0 Å². The van der Waals surface area contributed by atoms with Crippen LogP contribution < -0.4 is 0 Å². The van der Waals surface area contributed by atoms with E-state index in [0.717, 1.165) is 20.9 Å². The van der Waals surface area contributed by atoms with Gasteiger partial charge in [0.1, 0.15) is 0 Å². The van der Waals surface area contributed by atoms with Gasteiger partial charge >= 0.3 is 0 Å². The van der Waals surface area contributed by atoms with Crippen LogP contribution in [0.25, 0.3) is 0 Å². The van der Waals surface area contributed by atoms with Crippen molar-refractivity contribution in [2.45, 2.75) is 23.3 Å². The Kier molecular flexibility index (Phi) is 4.57. The molecule has 1 nitrogen and oxygen atoms in total. The zero-order valence-corrected chi connectivity index (χ0v) is 12.1. The number of aryl methyl sites for hydroxylation is 1. The first-order valence-corrected chi connectivity index (χ1v) is 7.00. The molecule has 0 aromatic heterocycles. The van der Waals surface area contributed by atoms with Crippen LogP contribution in [0.4, 0.5) is 0 Å². The van der Waals surface area contributed by atoms with Crippen LogP contribution >= 0.6 is 35.0 Å². The molecule has 0 heterocycles. The van der Waals surface area contributed by atoms with Gasteiger partial charge in [-0.2, -0.15) is 0 Å². The summed E-state index contributed by atoms with van der Waals surface area (Å²) in [6.07, 6.45) is 0. The third kappa shape index (κ3) is 3.21. The molecule has 0 saturated carbocycles. The largest absolute Gasteiger partial charge is 0.392 e. The maximum Gasteiger partial charge on any atom is 0.0684 e. The average molecular weight is 299 g/mol. The molecule has 0 fully saturated rings. The summed E-state index contributed by atoms with van der Waals surface area (Å²) in [4.78, 5) is 2.01. The molecule has 1 N–H and O–H groups in total. The molecule has 18 heavy (non-hydrogen) atoms. The average Bonchev–Trinajstić information content (AvgIpc) is 2.34. The van der Waals surface area contributed by atoms with Gasteiger partial charge in [-0.1, -0.05) is 41.0 Å². The third-order valence-corrected chi connectivity index (χ3v) is 4.33. The molecule has 0 bridgehead atoms. The second-order valence-corrected chi connectivity index (χ2v) is 5.88. The van der Waals surface area contributed by atoms with Gasteiger partial charge in [-0.05, 0) is 48.4 Å². The van der Waals surface area contributed by atoms with E-state index in [1.165, 1.54) is 0 Å². The predicted molar refractivity (Wildman–Crippen MR) is 77.7 cm³/mol. The van der Waals surface area contributed by atoms with Crippen LogP contribution in [0, 0.1) is 6.92 Å². The highest BCUT2D eigenvalue weighted by Gasteiger charge is 2.05. The standard InChI is InChI=1S/C14H12Cl2OS/c1-9-6-12(4-2-10(9)8-17)18-14-7-11(15)3-5-13(14)16/h2-7,17H,8H2,1H3. The molecule has 0 saturated heterocycles. The highest BCUT2D eigenvalue weighted by molar-refractivity contribution is 7.99. The third-order valence-electron chi connectivity index (χ3n) is 2.61. The normalized spacial score (nSPS) is 10.7. The van der Waals surface area contributed by atoms with E-state index < -0.39 is 0 Å². The Morgan fingerprint density at radius 3 is 2.56 bits per heavy atom. The first-order chi connectivity index (χ1) is 8.60. The lowest BCUT2D eigenvalue weighted by Crippen LogP contribution is -1.88. The monoisotopic (exact) mass is 298 g/mol. The van der Waals surface area contributed by atoms with Crippen LogP contribution in [0.3, 0.4) is 0 Å². The minimum atomic E-state index is 0.0642. The van der Waals surface area contributed by atoms with Crippen LogP contribution in [0.2, 0.25) is 10.0 Å². The molecule has 94 valence electrons. The summed E-state index contributed by atoms with van der Waals surface area (Å²) in [7, 11) is 0. The Labute approximate surface area is 121 Å². The minimum Gasteiger partial charge on any atom is -0.392 e. The number of hydrogen-bond acceptors (Lipinski definition) is 2. The van der Waals surface area contributed by atoms with E-state index in [1.807, 2.05) is 31.2 Å². The van der Waals surface area contributed by atoms with E-state index in [2.05, 4.69) is 0 Å². The van der Waals surface area contributed by atoms with E-state index in [0.29, 0.717) is 10.0 Å². The molecule has 4 heteroatoms. The second-order valence-electron chi connectivity index (χ2n) is 3.92. The quantitative estimate of drug-likeness (QED) is 0.865. The second kappa shape index (κ2) is 5.98. The molecule has 0 unspecified atom stereocenters. The fraction of sp³-hybridized carbons (Fsp3) is 0.143. The smallest absolute Gasteiger partial charge is 0.0684 e. The van der Waals surface area contributed by atoms with Gasteiger partial charge in [0.15, 0.2) is 0 Å². The highest BCUT2D eigenvalue weighted by Crippen LogP contribution is 2.35. The van der Waals surface area contributed by atoms with Crippen LogP contribution in [0.15, 0.2) is 46.2 Å². The van der Waals surface area contributed by atoms with Gasteiger partial charge in [-0.3, -0.25) is 0 Å². The number of aliphatic hydroxyl groups excluding tert-OH is 1. The van der Waals surface area contributed by atoms with E-state index in [-0.39, 0.29) is 6.61 Å². The summed E-state index contributed by atoms with van der Waals surface area (Å²) in [6, 6.07) is 11.4. The molecule has 2 rings (SSSR count). The summed E-state index contributed by atoms with van der Waals surface area (Å²) >= 11 is 13.6. The maximum absolute atomic E-state index is 9.13. The molecule has 0 radical (unpaired) electrons. The fourth-order valence-electron chi connectivity index (χ4n) is 1.59. The molecule has 0 spiro atoms. The Balaban J connectivity index is 2.28. The van der Waals surface area contributed by atoms with Crippen molar-refractivity contribution < 1.29 is 5.11 Å².